The van der Waals surface area contributed by atoms with Gasteiger partial charge in [0.2, 0.25) is 5.60 Å². The minimum atomic E-state index is -1.19. The number of benzene rings is 1. The zero-order valence-electron chi connectivity index (χ0n) is 16.4. The molecule has 1 atom stereocenters. The van der Waals surface area contributed by atoms with Crippen molar-refractivity contribution in [2.75, 3.05) is 11.9 Å². The summed E-state index contributed by atoms with van der Waals surface area (Å²) in [4.78, 5) is 30.5. The summed E-state index contributed by atoms with van der Waals surface area (Å²) in [6.07, 6.45) is 3.35. The summed E-state index contributed by atoms with van der Waals surface area (Å²) >= 11 is 6.23. The molecule has 1 amide bonds. The predicted molar refractivity (Wildman–Crippen MR) is 112 cm³/mol. The lowest BCUT2D eigenvalue weighted by atomic mass is 9.95. The van der Waals surface area contributed by atoms with Gasteiger partial charge < -0.3 is 14.9 Å². The number of oxime groups is 1. The molecule has 0 spiro atoms. The topological polar surface area (TPSA) is 94.3 Å². The van der Waals surface area contributed by atoms with E-state index in [4.69, 9.17) is 21.2 Å². The maximum atomic E-state index is 12.9. The minimum Gasteiger partial charge on any atom is -0.462 e. The average Bonchev–Trinajstić information content (AvgIpc) is 3.33. The van der Waals surface area contributed by atoms with E-state index < -0.39 is 11.6 Å². The highest BCUT2D eigenvalue weighted by Gasteiger charge is 2.42. The van der Waals surface area contributed by atoms with E-state index in [2.05, 4.69) is 15.6 Å². The van der Waals surface area contributed by atoms with E-state index in [-0.39, 0.29) is 18.9 Å². The molecule has 1 unspecified atom stereocenters. The fourth-order valence-electron chi connectivity index (χ4n) is 3.19. The number of hydrogen-bond donors (Lipinski definition) is 1. The van der Waals surface area contributed by atoms with Crippen molar-refractivity contribution < 1.29 is 19.2 Å². The Kier molecular flexibility index (Phi) is 5.17. The van der Waals surface area contributed by atoms with Crippen LogP contribution in [0.2, 0.25) is 5.02 Å². The molecule has 9 heteroatoms. The second kappa shape index (κ2) is 7.79. The number of aromatic nitrogens is 2. The summed E-state index contributed by atoms with van der Waals surface area (Å²) in [6.45, 7) is 3.66. The molecule has 0 fully saturated rings. The second-order valence-electron chi connectivity index (χ2n) is 6.99. The summed E-state index contributed by atoms with van der Waals surface area (Å²) in [7, 11) is 0. The fourth-order valence-corrected chi connectivity index (χ4v) is 3.43. The third-order valence-corrected chi connectivity index (χ3v) is 5.13. The van der Waals surface area contributed by atoms with Crippen molar-refractivity contribution in [3.63, 3.8) is 0 Å². The predicted octanol–water partition coefficient (Wildman–Crippen LogP) is 3.69. The molecule has 2 aromatic heterocycles. The fraction of sp³-hybridized carbons (Fsp3) is 0.238. The average molecular weight is 427 g/mol. The van der Waals surface area contributed by atoms with Crippen LogP contribution in [0.1, 0.15) is 36.2 Å². The van der Waals surface area contributed by atoms with Crippen molar-refractivity contribution in [3.05, 3.63) is 64.9 Å². The van der Waals surface area contributed by atoms with Gasteiger partial charge in [-0.05, 0) is 32.0 Å². The zero-order chi connectivity index (χ0) is 21.3. The Hall–Kier alpha value is -3.39. The van der Waals surface area contributed by atoms with Gasteiger partial charge in [0.05, 0.1) is 24.0 Å². The highest BCUT2D eigenvalue weighted by Crippen LogP contribution is 2.30. The number of halogens is 1. The van der Waals surface area contributed by atoms with Crippen molar-refractivity contribution in [1.29, 1.82) is 0 Å². The van der Waals surface area contributed by atoms with Crippen LogP contribution in [0.25, 0.3) is 5.52 Å². The van der Waals surface area contributed by atoms with Gasteiger partial charge in [-0.1, -0.05) is 35.0 Å². The van der Waals surface area contributed by atoms with Gasteiger partial charge >= 0.3 is 5.97 Å². The SMILES string of the molecule is CCOC(=O)c1cnn2ccc(NC(=O)C3(C)CC(c4ccccc4Cl)=NO3)cc12. The van der Waals surface area contributed by atoms with Crippen molar-refractivity contribution in [2.24, 2.45) is 5.16 Å². The Balaban J connectivity index is 1.53. The molecule has 1 aromatic carbocycles. The molecule has 0 aliphatic carbocycles. The molecule has 0 radical (unpaired) electrons. The monoisotopic (exact) mass is 426 g/mol. The Bertz CT molecular complexity index is 1170. The number of nitrogens with one attached hydrogen (secondary N) is 1. The van der Waals surface area contributed by atoms with Gasteiger partial charge in [0.25, 0.3) is 5.91 Å². The number of carbonyl (C=O) groups excluding carboxylic acids is 2. The lowest BCUT2D eigenvalue weighted by molar-refractivity contribution is -0.135. The molecule has 0 saturated heterocycles. The smallest absolute Gasteiger partial charge is 0.341 e. The first-order chi connectivity index (χ1) is 14.4. The van der Waals surface area contributed by atoms with Crippen LogP contribution in [-0.2, 0) is 14.4 Å². The van der Waals surface area contributed by atoms with Gasteiger partial charge in [-0.15, -0.1) is 0 Å². The first-order valence-electron chi connectivity index (χ1n) is 9.37. The number of esters is 1. The molecule has 3 heterocycles. The molecule has 3 aromatic rings. The Morgan fingerprint density at radius 2 is 2.13 bits per heavy atom. The summed E-state index contributed by atoms with van der Waals surface area (Å²) in [5, 5.41) is 11.6. The van der Waals surface area contributed by atoms with Crippen LogP contribution in [0, 0.1) is 0 Å². The molecule has 8 nitrogen and oxygen atoms in total. The van der Waals surface area contributed by atoms with E-state index in [1.807, 2.05) is 18.2 Å². The Labute approximate surface area is 177 Å². The van der Waals surface area contributed by atoms with E-state index in [9.17, 15) is 9.59 Å². The lowest BCUT2D eigenvalue weighted by Crippen LogP contribution is -2.40. The number of pyridine rings is 1. The van der Waals surface area contributed by atoms with Crippen molar-refractivity contribution in [1.82, 2.24) is 9.61 Å². The van der Waals surface area contributed by atoms with Crippen LogP contribution >= 0.6 is 11.6 Å². The zero-order valence-corrected chi connectivity index (χ0v) is 17.1. The lowest BCUT2D eigenvalue weighted by Gasteiger charge is -2.20. The molecule has 1 aliphatic rings. The number of fused-ring (bicyclic) bond motifs is 1. The summed E-state index contributed by atoms with van der Waals surface area (Å²) in [6, 6.07) is 10.6. The molecular weight excluding hydrogens is 408 g/mol. The first-order valence-corrected chi connectivity index (χ1v) is 9.75. The van der Waals surface area contributed by atoms with Crippen LogP contribution in [-0.4, -0.2) is 39.4 Å². The molecule has 1 N–H and O–H groups in total. The number of ether oxygens (including phenoxy) is 1. The molecular formula is C21H19ClN4O4. The number of carbonyl (C=O) groups is 2. The Morgan fingerprint density at radius 3 is 2.90 bits per heavy atom. The summed E-state index contributed by atoms with van der Waals surface area (Å²) < 4.78 is 6.59. The maximum absolute atomic E-state index is 12.9. The molecule has 4 rings (SSSR count). The standard InChI is InChI=1S/C21H19ClN4O4/c1-3-29-19(27)15-12-23-26-9-8-13(10-18(15)26)24-20(28)21(2)11-17(25-30-21)14-6-4-5-7-16(14)22/h4-10,12H,3,11H2,1-2H3,(H,24,28). The van der Waals surface area contributed by atoms with Crippen molar-refractivity contribution in [2.45, 2.75) is 25.9 Å². The highest BCUT2D eigenvalue weighted by molar-refractivity contribution is 6.34. The first kappa shape index (κ1) is 19.9. The van der Waals surface area contributed by atoms with Crippen LogP contribution in [0.5, 0.6) is 0 Å². The normalized spacial score (nSPS) is 18.0. The van der Waals surface area contributed by atoms with E-state index in [1.54, 1.807) is 38.2 Å². The Morgan fingerprint density at radius 1 is 1.33 bits per heavy atom. The molecule has 0 bridgehead atoms. The van der Waals surface area contributed by atoms with Crippen LogP contribution < -0.4 is 5.32 Å². The summed E-state index contributed by atoms with van der Waals surface area (Å²) in [5.74, 6) is -0.838. The van der Waals surface area contributed by atoms with E-state index in [0.717, 1.165) is 5.56 Å². The van der Waals surface area contributed by atoms with Crippen LogP contribution in [0.15, 0.2) is 53.9 Å². The van der Waals surface area contributed by atoms with Crippen LogP contribution in [0.3, 0.4) is 0 Å². The van der Waals surface area contributed by atoms with Gasteiger partial charge in [-0.3, -0.25) is 4.79 Å². The van der Waals surface area contributed by atoms with Gasteiger partial charge in [0.1, 0.15) is 5.56 Å². The number of amides is 1. The largest absolute Gasteiger partial charge is 0.462 e. The number of hydrogen-bond acceptors (Lipinski definition) is 6. The van der Waals surface area contributed by atoms with Crippen molar-refractivity contribution in [3.8, 4) is 0 Å². The molecule has 30 heavy (non-hydrogen) atoms. The van der Waals surface area contributed by atoms with Gasteiger partial charge in [0.15, 0.2) is 0 Å². The number of rotatable bonds is 5. The third-order valence-electron chi connectivity index (χ3n) is 4.80. The van der Waals surface area contributed by atoms with Crippen LogP contribution in [0.4, 0.5) is 5.69 Å². The quantitative estimate of drug-likeness (QED) is 0.628. The number of nitrogens with zero attached hydrogens (tertiary/aromatic N) is 3. The van der Waals surface area contributed by atoms with Gasteiger partial charge in [-0.25, -0.2) is 9.31 Å². The maximum Gasteiger partial charge on any atom is 0.341 e. The van der Waals surface area contributed by atoms with E-state index in [0.29, 0.717) is 27.5 Å². The second-order valence-corrected chi connectivity index (χ2v) is 7.40. The summed E-state index contributed by atoms with van der Waals surface area (Å²) in [5.41, 5.74) is 1.49. The molecule has 1 aliphatic heterocycles. The van der Waals surface area contributed by atoms with Gasteiger partial charge in [-0.2, -0.15) is 5.10 Å². The van der Waals surface area contributed by atoms with E-state index >= 15 is 0 Å². The minimum absolute atomic E-state index is 0.260. The van der Waals surface area contributed by atoms with Gasteiger partial charge in [0, 0.05) is 28.9 Å². The third kappa shape index (κ3) is 3.61. The number of anilines is 1. The van der Waals surface area contributed by atoms with Crippen molar-refractivity contribution >= 4 is 40.4 Å². The molecule has 154 valence electrons. The highest BCUT2D eigenvalue weighted by atomic mass is 35.5. The molecule has 0 saturated carbocycles. The van der Waals surface area contributed by atoms with E-state index in [1.165, 1.54) is 10.7 Å².